The van der Waals surface area contributed by atoms with Crippen molar-refractivity contribution in [1.82, 2.24) is 0 Å². The van der Waals surface area contributed by atoms with Crippen LogP contribution in [-0.2, 0) is 28.6 Å². The molecular weight excluding hydrogens is 360 g/mol. The number of rotatable bonds is 8. The normalized spacial score (nSPS) is 13.8. The molecule has 0 spiro atoms. The lowest BCUT2D eigenvalue weighted by Gasteiger charge is -2.17. The van der Waals surface area contributed by atoms with Gasteiger partial charge in [-0.15, -0.1) is 0 Å². The zero-order chi connectivity index (χ0) is 17.0. The van der Waals surface area contributed by atoms with E-state index < -0.39 is 32.9 Å². The average Bonchev–Trinajstić information content (AvgIpc) is 2.35. The summed E-state index contributed by atoms with van der Waals surface area (Å²) in [6, 6.07) is 4.34. The molecule has 0 aliphatic carbocycles. The van der Waals surface area contributed by atoms with Gasteiger partial charge in [-0.05, 0) is 12.1 Å². The van der Waals surface area contributed by atoms with Crippen LogP contribution in [-0.4, -0.2) is 53.8 Å². The number of halogens is 1. The van der Waals surface area contributed by atoms with Crippen molar-refractivity contribution in [2.75, 3.05) is 25.7 Å². The topological polar surface area (TPSA) is 116 Å². The summed E-state index contributed by atoms with van der Waals surface area (Å²) in [6.45, 7) is -0.941. The van der Waals surface area contributed by atoms with Crippen molar-refractivity contribution in [2.24, 2.45) is 0 Å². The van der Waals surface area contributed by atoms with E-state index in [1.807, 2.05) is 0 Å². The summed E-state index contributed by atoms with van der Waals surface area (Å²) in [5.41, 5.74) is 0. The summed E-state index contributed by atoms with van der Waals surface area (Å²) in [4.78, 5) is 0. The summed E-state index contributed by atoms with van der Waals surface area (Å²) in [5.74, 6) is -0.333. The molecule has 0 unspecified atom stereocenters. The van der Waals surface area contributed by atoms with Gasteiger partial charge >= 0.3 is 0 Å². The Kier molecular flexibility index (Phi) is 6.44. The maximum absolute atomic E-state index is 11.1. The smallest absolute Gasteiger partial charge is 0.264 e. The molecule has 0 aliphatic heterocycles. The number of aromatic hydroxyl groups is 1. The van der Waals surface area contributed by atoms with Crippen LogP contribution < -0.4 is 4.74 Å². The van der Waals surface area contributed by atoms with Crippen molar-refractivity contribution >= 4 is 31.8 Å². The van der Waals surface area contributed by atoms with Gasteiger partial charge in [-0.2, -0.15) is 16.8 Å². The monoisotopic (exact) mass is 374 g/mol. The molecular formula is C11H15ClO8S2. The lowest BCUT2D eigenvalue weighted by atomic mass is 10.3. The molecule has 0 heterocycles. The van der Waals surface area contributed by atoms with Crippen LogP contribution in [0.25, 0.3) is 0 Å². The molecule has 0 saturated heterocycles. The Morgan fingerprint density at radius 2 is 1.77 bits per heavy atom. The number of hydrogen-bond donors (Lipinski definition) is 1. The van der Waals surface area contributed by atoms with Crippen molar-refractivity contribution in [3.05, 3.63) is 23.2 Å². The molecule has 0 bridgehead atoms. The number of benzene rings is 1. The average molecular weight is 375 g/mol. The third kappa shape index (κ3) is 7.27. The molecule has 1 aromatic carbocycles. The molecule has 0 aliphatic rings. The van der Waals surface area contributed by atoms with E-state index in [0.29, 0.717) is 0 Å². The quantitative estimate of drug-likeness (QED) is 0.662. The summed E-state index contributed by atoms with van der Waals surface area (Å²) < 4.78 is 58.5. The summed E-state index contributed by atoms with van der Waals surface area (Å²) in [7, 11) is -7.63. The van der Waals surface area contributed by atoms with Crippen molar-refractivity contribution in [3.8, 4) is 11.5 Å². The molecule has 0 saturated carbocycles. The zero-order valence-electron chi connectivity index (χ0n) is 11.7. The maximum Gasteiger partial charge on any atom is 0.264 e. The molecule has 0 radical (unpaired) electrons. The number of ether oxygens (including phenoxy) is 1. The number of hydrogen-bond acceptors (Lipinski definition) is 8. The van der Waals surface area contributed by atoms with Gasteiger partial charge in [0, 0.05) is 0 Å². The van der Waals surface area contributed by atoms with Gasteiger partial charge in [0.1, 0.15) is 12.7 Å². The lowest BCUT2D eigenvalue weighted by Crippen LogP contribution is -2.30. The van der Waals surface area contributed by atoms with Crippen LogP contribution in [0, 0.1) is 0 Å². The molecule has 1 atom stereocenters. The molecule has 0 amide bonds. The van der Waals surface area contributed by atoms with E-state index in [-0.39, 0.29) is 23.1 Å². The van der Waals surface area contributed by atoms with Crippen LogP contribution in [0.15, 0.2) is 18.2 Å². The Morgan fingerprint density at radius 3 is 2.32 bits per heavy atom. The predicted molar refractivity (Wildman–Crippen MR) is 79.1 cm³/mol. The van der Waals surface area contributed by atoms with Crippen molar-refractivity contribution in [3.63, 3.8) is 0 Å². The number of phenolic OH excluding ortho intramolecular Hbond substituents is 1. The van der Waals surface area contributed by atoms with Gasteiger partial charge in [-0.1, -0.05) is 17.7 Å². The molecule has 1 aromatic rings. The van der Waals surface area contributed by atoms with E-state index in [1.165, 1.54) is 18.2 Å². The minimum atomic E-state index is -3.86. The minimum absolute atomic E-state index is 0.00560. The van der Waals surface area contributed by atoms with Crippen LogP contribution >= 0.6 is 11.6 Å². The highest BCUT2D eigenvalue weighted by Gasteiger charge is 2.20. The molecule has 1 N–H and O–H groups in total. The van der Waals surface area contributed by atoms with E-state index in [1.54, 1.807) is 0 Å². The fourth-order valence-corrected chi connectivity index (χ4v) is 2.52. The van der Waals surface area contributed by atoms with E-state index in [2.05, 4.69) is 8.37 Å². The van der Waals surface area contributed by atoms with Crippen molar-refractivity contribution in [1.29, 1.82) is 0 Å². The van der Waals surface area contributed by atoms with Gasteiger partial charge < -0.3 is 9.84 Å². The van der Waals surface area contributed by atoms with Crippen LogP contribution in [0.4, 0.5) is 0 Å². The molecule has 1 rings (SSSR count). The van der Waals surface area contributed by atoms with E-state index in [4.69, 9.17) is 16.3 Å². The largest absolute Gasteiger partial charge is 0.503 e. The van der Waals surface area contributed by atoms with Gasteiger partial charge in [0.25, 0.3) is 20.2 Å². The Balaban J connectivity index is 2.77. The zero-order valence-corrected chi connectivity index (χ0v) is 14.1. The Hall–Kier alpha value is -1.07. The van der Waals surface area contributed by atoms with Gasteiger partial charge in [-0.25, -0.2) is 0 Å². The first kappa shape index (κ1) is 19.0. The van der Waals surface area contributed by atoms with E-state index >= 15 is 0 Å². The van der Waals surface area contributed by atoms with Gasteiger partial charge in [0.15, 0.2) is 11.5 Å². The molecule has 0 fully saturated rings. The Labute approximate surface area is 133 Å². The summed E-state index contributed by atoms with van der Waals surface area (Å²) in [6.07, 6.45) is 0.397. The second kappa shape index (κ2) is 7.47. The SMILES string of the molecule is CS(=O)(=O)OC[C@H](COc1cccc(Cl)c1O)OS(C)(=O)=O. The number of phenols is 1. The van der Waals surface area contributed by atoms with Crippen LogP contribution in [0.2, 0.25) is 5.02 Å². The summed E-state index contributed by atoms with van der Waals surface area (Å²) >= 11 is 5.70. The fraction of sp³-hybridized carbons (Fsp3) is 0.455. The second-order valence-electron chi connectivity index (χ2n) is 4.31. The first-order valence-electron chi connectivity index (χ1n) is 5.81. The van der Waals surface area contributed by atoms with Gasteiger partial charge in [0.2, 0.25) is 0 Å². The molecule has 0 aromatic heterocycles. The van der Waals surface area contributed by atoms with Gasteiger partial charge in [0.05, 0.1) is 24.1 Å². The first-order chi connectivity index (χ1) is 9.98. The fourth-order valence-electron chi connectivity index (χ4n) is 1.35. The van der Waals surface area contributed by atoms with Crippen LogP contribution in [0.3, 0.4) is 0 Å². The predicted octanol–water partition coefficient (Wildman–Crippen LogP) is 0.745. The highest BCUT2D eigenvalue weighted by atomic mass is 35.5. The van der Waals surface area contributed by atoms with E-state index in [9.17, 15) is 21.9 Å². The standard InChI is InChI=1S/C11H15ClO8S2/c1-21(14,15)19-7-8(20-22(2,16)17)6-18-10-5-3-4-9(12)11(10)13/h3-5,8,13H,6-7H2,1-2H3/t8-/m0/s1. The Morgan fingerprint density at radius 1 is 1.14 bits per heavy atom. The third-order valence-electron chi connectivity index (χ3n) is 2.15. The molecule has 22 heavy (non-hydrogen) atoms. The number of para-hydroxylation sites is 1. The van der Waals surface area contributed by atoms with Crippen LogP contribution in [0.5, 0.6) is 11.5 Å². The maximum atomic E-state index is 11.1. The first-order valence-corrected chi connectivity index (χ1v) is 9.82. The highest BCUT2D eigenvalue weighted by molar-refractivity contribution is 7.86. The van der Waals surface area contributed by atoms with Crippen LogP contribution in [0.1, 0.15) is 0 Å². The summed E-state index contributed by atoms with van der Waals surface area (Å²) in [5, 5.41) is 9.71. The second-order valence-corrected chi connectivity index (χ2v) is 7.96. The van der Waals surface area contributed by atoms with Crippen molar-refractivity contribution < 1.29 is 35.0 Å². The highest BCUT2D eigenvalue weighted by Crippen LogP contribution is 2.33. The molecule has 126 valence electrons. The van der Waals surface area contributed by atoms with Crippen molar-refractivity contribution in [2.45, 2.75) is 6.10 Å². The van der Waals surface area contributed by atoms with Gasteiger partial charge in [-0.3, -0.25) is 8.37 Å². The molecule has 8 nitrogen and oxygen atoms in total. The minimum Gasteiger partial charge on any atom is -0.503 e. The lowest BCUT2D eigenvalue weighted by molar-refractivity contribution is 0.0885. The molecule has 11 heteroatoms. The third-order valence-corrected chi connectivity index (χ3v) is 3.64. The Bertz CT molecular complexity index is 714. The van der Waals surface area contributed by atoms with E-state index in [0.717, 1.165) is 12.5 Å².